The molecule has 0 bridgehead atoms. The van der Waals surface area contributed by atoms with Gasteiger partial charge >= 0.3 is 6.18 Å². The van der Waals surface area contributed by atoms with Gasteiger partial charge in [-0.1, -0.05) is 23.2 Å². The molecule has 0 atom stereocenters. The molecule has 2 aromatic rings. The zero-order chi connectivity index (χ0) is 21.8. The van der Waals surface area contributed by atoms with Gasteiger partial charge in [0, 0.05) is 24.9 Å². The van der Waals surface area contributed by atoms with E-state index in [0.717, 1.165) is 18.2 Å². The third-order valence-corrected chi connectivity index (χ3v) is 5.62. The molecule has 0 aliphatic rings. The number of non-ortho nitro benzene ring substituents is 1. The number of nitro groups is 1. The van der Waals surface area contributed by atoms with Crippen LogP contribution in [-0.2, 0) is 16.2 Å². The van der Waals surface area contributed by atoms with Crippen molar-refractivity contribution in [2.75, 3.05) is 13.2 Å². The van der Waals surface area contributed by atoms with E-state index >= 15 is 0 Å². The summed E-state index contributed by atoms with van der Waals surface area (Å²) in [5.41, 5.74) is -1.47. The zero-order valence-corrected chi connectivity index (χ0v) is 16.6. The van der Waals surface area contributed by atoms with Crippen LogP contribution in [0.1, 0.15) is 12.0 Å². The largest absolute Gasteiger partial charge is 0.477 e. The first-order chi connectivity index (χ1) is 13.4. The van der Waals surface area contributed by atoms with Gasteiger partial charge in [0.1, 0.15) is 9.92 Å². The predicted octanol–water partition coefficient (Wildman–Crippen LogP) is 4.06. The summed E-state index contributed by atoms with van der Waals surface area (Å²) in [5.74, 6) is -0.232. The number of halogens is 5. The smallest absolute Gasteiger partial charge is 0.417 e. The monoisotopic (exact) mass is 473 g/mol. The van der Waals surface area contributed by atoms with Gasteiger partial charge in [-0.05, 0) is 18.6 Å². The number of nitro benzene ring substituents is 1. The molecule has 0 aliphatic heterocycles. The molecule has 1 aromatic heterocycles. The van der Waals surface area contributed by atoms with Gasteiger partial charge in [-0.2, -0.15) is 13.2 Å². The number of pyridine rings is 1. The Kier molecular flexibility index (Phi) is 7.27. The highest BCUT2D eigenvalue weighted by atomic mass is 35.5. The minimum Gasteiger partial charge on any atom is -0.477 e. The molecule has 158 valence electrons. The number of nitrogens with zero attached hydrogens (tertiary/aromatic N) is 2. The van der Waals surface area contributed by atoms with Gasteiger partial charge in [-0.3, -0.25) is 10.1 Å². The molecule has 1 aromatic carbocycles. The molecule has 1 N–H and O–H groups in total. The maximum Gasteiger partial charge on any atom is 0.417 e. The lowest BCUT2D eigenvalue weighted by Crippen LogP contribution is -2.26. The highest BCUT2D eigenvalue weighted by Gasteiger charge is 2.31. The number of benzene rings is 1. The van der Waals surface area contributed by atoms with E-state index < -0.39 is 37.3 Å². The van der Waals surface area contributed by atoms with Gasteiger partial charge in [0.05, 0.1) is 22.1 Å². The van der Waals surface area contributed by atoms with Crippen LogP contribution in [0.5, 0.6) is 5.88 Å². The van der Waals surface area contributed by atoms with Crippen LogP contribution in [0.2, 0.25) is 10.0 Å². The average Bonchev–Trinajstić information content (AvgIpc) is 2.61. The van der Waals surface area contributed by atoms with E-state index in [2.05, 4.69) is 9.71 Å². The summed E-state index contributed by atoms with van der Waals surface area (Å²) in [6.07, 6.45) is -3.93. The molecule has 1 heterocycles. The Bertz CT molecular complexity index is 1020. The van der Waals surface area contributed by atoms with E-state index in [9.17, 15) is 31.7 Å². The lowest BCUT2D eigenvalue weighted by molar-refractivity contribution is -0.385. The molecule has 0 radical (unpaired) electrons. The molecule has 0 amide bonds. The van der Waals surface area contributed by atoms with Gasteiger partial charge in [0.25, 0.3) is 5.69 Å². The summed E-state index contributed by atoms with van der Waals surface area (Å²) in [5, 5.41) is 10.2. The summed E-state index contributed by atoms with van der Waals surface area (Å²) in [7, 11) is -4.13. The Morgan fingerprint density at radius 2 is 1.90 bits per heavy atom. The van der Waals surface area contributed by atoms with Crippen LogP contribution >= 0.6 is 23.2 Å². The van der Waals surface area contributed by atoms with E-state index in [4.69, 9.17) is 27.9 Å². The molecule has 2 rings (SSSR count). The molecule has 29 heavy (non-hydrogen) atoms. The van der Waals surface area contributed by atoms with Crippen LogP contribution in [0.4, 0.5) is 18.9 Å². The highest BCUT2D eigenvalue weighted by molar-refractivity contribution is 7.89. The lowest BCUT2D eigenvalue weighted by Gasteiger charge is -2.11. The molecule has 0 saturated heterocycles. The summed E-state index contributed by atoms with van der Waals surface area (Å²) >= 11 is 11.5. The fourth-order valence-corrected chi connectivity index (χ4v) is 3.84. The number of sulfonamides is 1. The second-order valence-electron chi connectivity index (χ2n) is 5.48. The normalized spacial score (nSPS) is 12.0. The number of hydrogen-bond donors (Lipinski definition) is 1. The number of hydrogen-bond acceptors (Lipinski definition) is 6. The first-order valence-corrected chi connectivity index (χ1v) is 9.95. The second-order valence-corrected chi connectivity index (χ2v) is 8.03. The Labute approximate surface area is 172 Å². The van der Waals surface area contributed by atoms with Crippen molar-refractivity contribution >= 4 is 38.9 Å². The van der Waals surface area contributed by atoms with E-state index in [0.29, 0.717) is 12.3 Å². The Morgan fingerprint density at radius 1 is 1.21 bits per heavy atom. The molecule has 0 unspecified atom stereocenters. The third-order valence-electron chi connectivity index (χ3n) is 3.40. The first kappa shape index (κ1) is 23.1. The van der Waals surface area contributed by atoms with Crippen molar-refractivity contribution in [2.24, 2.45) is 0 Å². The number of nitrogens with one attached hydrogen (secondary N) is 1. The summed E-state index contributed by atoms with van der Waals surface area (Å²) in [6.45, 7) is -0.247. The Morgan fingerprint density at radius 3 is 2.48 bits per heavy atom. The van der Waals surface area contributed by atoms with Crippen molar-refractivity contribution in [2.45, 2.75) is 17.5 Å². The van der Waals surface area contributed by atoms with E-state index in [1.165, 1.54) is 0 Å². The minimum absolute atomic E-state index is 0.102. The van der Waals surface area contributed by atoms with Crippen molar-refractivity contribution in [3.05, 3.63) is 56.2 Å². The van der Waals surface area contributed by atoms with Gasteiger partial charge in [-0.15, -0.1) is 0 Å². The van der Waals surface area contributed by atoms with Crippen LogP contribution < -0.4 is 9.46 Å². The van der Waals surface area contributed by atoms with Gasteiger partial charge < -0.3 is 4.74 Å². The second kappa shape index (κ2) is 9.11. The van der Waals surface area contributed by atoms with E-state index in [1.807, 2.05) is 0 Å². The van der Waals surface area contributed by atoms with Gasteiger partial charge in [-0.25, -0.2) is 18.1 Å². The predicted molar refractivity (Wildman–Crippen MR) is 97.7 cm³/mol. The fraction of sp³-hybridized carbons (Fsp3) is 0.267. The maximum atomic E-state index is 12.5. The van der Waals surface area contributed by atoms with Crippen LogP contribution in [0, 0.1) is 10.1 Å². The van der Waals surface area contributed by atoms with Crippen molar-refractivity contribution in [3.8, 4) is 5.88 Å². The molecule has 0 fully saturated rings. The fourth-order valence-electron chi connectivity index (χ4n) is 2.02. The number of alkyl halides is 3. The van der Waals surface area contributed by atoms with Crippen LogP contribution in [0.15, 0.2) is 35.4 Å². The number of ether oxygens (including phenoxy) is 1. The minimum atomic E-state index is -4.60. The molecule has 0 aliphatic carbocycles. The van der Waals surface area contributed by atoms with E-state index in [1.54, 1.807) is 0 Å². The summed E-state index contributed by atoms with van der Waals surface area (Å²) in [4.78, 5) is 13.0. The molecule has 0 spiro atoms. The van der Waals surface area contributed by atoms with Crippen molar-refractivity contribution in [3.63, 3.8) is 0 Å². The molecular weight excluding hydrogens is 462 g/mol. The average molecular weight is 474 g/mol. The lowest BCUT2D eigenvalue weighted by atomic mass is 10.3. The highest BCUT2D eigenvalue weighted by Crippen LogP contribution is 2.33. The van der Waals surface area contributed by atoms with Gasteiger partial charge in [0.2, 0.25) is 15.9 Å². The molecule has 8 nitrogen and oxygen atoms in total. The Balaban J connectivity index is 1.92. The quantitative estimate of drug-likeness (QED) is 0.351. The first-order valence-electron chi connectivity index (χ1n) is 7.71. The van der Waals surface area contributed by atoms with Crippen LogP contribution in [0.25, 0.3) is 0 Å². The third kappa shape index (κ3) is 6.16. The van der Waals surface area contributed by atoms with Gasteiger partial charge in [0.15, 0.2) is 0 Å². The zero-order valence-electron chi connectivity index (χ0n) is 14.2. The summed E-state index contributed by atoms with van der Waals surface area (Å²) in [6, 6.07) is 3.65. The van der Waals surface area contributed by atoms with E-state index in [-0.39, 0.29) is 35.5 Å². The van der Waals surface area contributed by atoms with Crippen LogP contribution in [0.3, 0.4) is 0 Å². The molecule has 0 saturated carbocycles. The number of aromatic nitrogens is 1. The molecular formula is C15H12Cl2F3N3O5S. The summed E-state index contributed by atoms with van der Waals surface area (Å²) < 4.78 is 69.5. The van der Waals surface area contributed by atoms with Crippen molar-refractivity contribution < 1.29 is 31.2 Å². The molecule has 14 heteroatoms. The SMILES string of the molecule is O=[N+]([O-])c1ccc(Cl)c(S(=O)(=O)NCCCOc2ncc(C(F)(F)F)cc2Cl)c1. The maximum absolute atomic E-state index is 12.5. The standard InChI is InChI=1S/C15H12Cl2F3N3O5S/c16-11-3-2-10(23(24)25)7-13(11)29(26,27)22-4-1-5-28-14-12(17)6-9(8-21-14)15(18,19)20/h2-3,6-8,22H,1,4-5H2. The van der Waals surface area contributed by atoms with Crippen molar-refractivity contribution in [1.29, 1.82) is 0 Å². The number of rotatable bonds is 8. The topological polar surface area (TPSA) is 111 Å². The van der Waals surface area contributed by atoms with Crippen LogP contribution in [-0.4, -0.2) is 31.5 Å². The van der Waals surface area contributed by atoms with Crippen molar-refractivity contribution in [1.82, 2.24) is 9.71 Å². The Hall–Kier alpha value is -2.15.